The van der Waals surface area contributed by atoms with Gasteiger partial charge in [0.1, 0.15) is 11.4 Å². The molecule has 3 aromatic heterocycles. The number of aromatic nitrogens is 7. The molecule has 6 heterocycles. The van der Waals surface area contributed by atoms with Crippen molar-refractivity contribution >= 4 is 16.7 Å². The lowest BCUT2D eigenvalue weighted by Gasteiger charge is -2.44. The van der Waals surface area contributed by atoms with E-state index in [-0.39, 0.29) is 6.23 Å². The molecule has 2 atom stereocenters. The van der Waals surface area contributed by atoms with E-state index in [4.69, 9.17) is 14.6 Å². The molecule has 0 aliphatic carbocycles. The molecule has 0 saturated carbocycles. The van der Waals surface area contributed by atoms with Crippen LogP contribution in [0.2, 0.25) is 0 Å². The third kappa shape index (κ3) is 5.97. The molecule has 3 saturated heterocycles. The normalized spacial score (nSPS) is 23.1. The average molecular weight is 586 g/mol. The average Bonchev–Trinajstić information content (AvgIpc) is 3.69. The molecule has 228 valence electrons. The van der Waals surface area contributed by atoms with Gasteiger partial charge in [-0.2, -0.15) is 10.2 Å². The number of anilines is 1. The maximum absolute atomic E-state index is 6.02. The molecular formula is C32H43N9O2. The van der Waals surface area contributed by atoms with Crippen LogP contribution in [-0.2, 0) is 11.3 Å². The molecule has 0 radical (unpaired) electrons. The number of piperidine rings is 2. The van der Waals surface area contributed by atoms with Crippen LogP contribution in [0.25, 0.3) is 22.2 Å². The Kier molecular flexibility index (Phi) is 7.77. The molecule has 4 aromatic rings. The molecule has 3 aliphatic heterocycles. The molecule has 0 spiro atoms. The Morgan fingerprint density at radius 3 is 2.65 bits per heavy atom. The van der Waals surface area contributed by atoms with Crippen molar-refractivity contribution in [3.05, 3.63) is 42.4 Å². The number of rotatable bonds is 7. The summed E-state index contributed by atoms with van der Waals surface area (Å²) in [5, 5.41) is 23.8. The van der Waals surface area contributed by atoms with Gasteiger partial charge in [0.25, 0.3) is 0 Å². The van der Waals surface area contributed by atoms with Crippen LogP contribution in [0.4, 0.5) is 5.82 Å². The quantitative estimate of drug-likeness (QED) is 0.299. The van der Waals surface area contributed by atoms with Crippen molar-refractivity contribution in [3.8, 4) is 17.0 Å². The zero-order valence-corrected chi connectivity index (χ0v) is 25.7. The molecule has 11 nitrogen and oxygen atoms in total. The fraction of sp³-hybridized carbons (Fsp3) is 0.594. The fourth-order valence-electron chi connectivity index (χ4n) is 6.82. The highest BCUT2D eigenvalue weighted by Gasteiger charge is 2.32. The van der Waals surface area contributed by atoms with Crippen molar-refractivity contribution in [2.24, 2.45) is 5.41 Å². The molecule has 11 heteroatoms. The summed E-state index contributed by atoms with van der Waals surface area (Å²) in [7, 11) is 1.68. The van der Waals surface area contributed by atoms with Crippen LogP contribution >= 0.6 is 0 Å². The molecule has 3 fully saturated rings. The van der Waals surface area contributed by atoms with E-state index in [1.54, 1.807) is 7.11 Å². The lowest BCUT2D eigenvalue weighted by atomic mass is 9.82. The van der Waals surface area contributed by atoms with Gasteiger partial charge in [-0.05, 0) is 81.6 Å². The Morgan fingerprint density at radius 1 is 1.00 bits per heavy atom. The number of hydrogen-bond acceptors (Lipinski definition) is 9. The lowest BCUT2D eigenvalue weighted by molar-refractivity contribution is -0.0366. The molecule has 0 bridgehead atoms. The van der Waals surface area contributed by atoms with Gasteiger partial charge in [0.15, 0.2) is 12.0 Å². The topological polar surface area (TPSA) is 99.3 Å². The van der Waals surface area contributed by atoms with E-state index in [0.29, 0.717) is 18.0 Å². The number of fused-ring (bicyclic) bond motifs is 1. The molecule has 1 aromatic carbocycles. The van der Waals surface area contributed by atoms with Gasteiger partial charge in [-0.3, -0.25) is 4.90 Å². The first kappa shape index (κ1) is 28.2. The van der Waals surface area contributed by atoms with E-state index in [0.717, 1.165) is 78.4 Å². The summed E-state index contributed by atoms with van der Waals surface area (Å²) in [6.45, 7) is 10.5. The number of likely N-dealkylation sites (tertiary alicyclic amines) is 1. The number of nitrogens with zero attached hydrogens (tertiary/aromatic N) is 9. The van der Waals surface area contributed by atoms with Crippen molar-refractivity contribution in [2.75, 3.05) is 44.8 Å². The van der Waals surface area contributed by atoms with Crippen LogP contribution in [0.3, 0.4) is 0 Å². The van der Waals surface area contributed by atoms with Crippen LogP contribution in [0.1, 0.15) is 70.7 Å². The Morgan fingerprint density at radius 2 is 1.88 bits per heavy atom. The van der Waals surface area contributed by atoms with Gasteiger partial charge in [-0.1, -0.05) is 19.1 Å². The summed E-state index contributed by atoms with van der Waals surface area (Å²) < 4.78 is 15.4. The van der Waals surface area contributed by atoms with Gasteiger partial charge in [-0.15, -0.1) is 10.2 Å². The zero-order valence-electron chi connectivity index (χ0n) is 25.7. The number of hydrogen-bond donors (Lipinski definition) is 0. The number of methoxy groups -OCH3 is 1. The van der Waals surface area contributed by atoms with Gasteiger partial charge in [-0.25, -0.2) is 9.36 Å². The van der Waals surface area contributed by atoms with E-state index in [1.165, 1.54) is 38.8 Å². The fourth-order valence-corrected chi connectivity index (χ4v) is 6.82. The second-order valence-electron chi connectivity index (χ2n) is 13.1. The van der Waals surface area contributed by atoms with Gasteiger partial charge in [0.05, 0.1) is 37.3 Å². The highest BCUT2D eigenvalue weighted by molar-refractivity contribution is 5.95. The van der Waals surface area contributed by atoms with Gasteiger partial charge in [0, 0.05) is 42.8 Å². The predicted molar refractivity (Wildman–Crippen MR) is 165 cm³/mol. The predicted octanol–water partition coefficient (Wildman–Crippen LogP) is 4.93. The van der Waals surface area contributed by atoms with Gasteiger partial charge in [0.2, 0.25) is 0 Å². The largest absolute Gasteiger partial charge is 0.497 e. The van der Waals surface area contributed by atoms with Gasteiger partial charge < -0.3 is 14.4 Å². The summed E-state index contributed by atoms with van der Waals surface area (Å²) in [4.78, 5) is 5.11. The summed E-state index contributed by atoms with van der Waals surface area (Å²) in [5.74, 6) is 1.71. The van der Waals surface area contributed by atoms with E-state index in [1.807, 2.05) is 33.9 Å². The molecule has 3 aliphatic rings. The number of ether oxygens (including phenoxy) is 2. The minimum atomic E-state index is -0.0589. The molecule has 7 rings (SSSR count). The minimum Gasteiger partial charge on any atom is -0.497 e. The SMILES string of the molecule is COc1cc(-c2cn(Cc3ccc(N4CCCC(N5CCC(C)(C)CC5)C4)nn3)nn2)c2cnn(C3CCCCO3)c2c1. The summed E-state index contributed by atoms with van der Waals surface area (Å²) >= 11 is 0. The van der Waals surface area contributed by atoms with Crippen molar-refractivity contribution in [2.45, 2.75) is 77.6 Å². The highest BCUT2D eigenvalue weighted by Crippen LogP contribution is 2.35. The lowest BCUT2D eigenvalue weighted by Crippen LogP contribution is -2.51. The Hall–Kier alpha value is -3.57. The third-order valence-corrected chi connectivity index (χ3v) is 9.59. The minimum absolute atomic E-state index is 0.0589. The van der Waals surface area contributed by atoms with Crippen LogP contribution in [0.15, 0.2) is 36.7 Å². The van der Waals surface area contributed by atoms with Crippen molar-refractivity contribution in [1.29, 1.82) is 0 Å². The smallest absolute Gasteiger partial charge is 0.151 e. The van der Waals surface area contributed by atoms with Crippen molar-refractivity contribution < 1.29 is 9.47 Å². The molecule has 0 amide bonds. The Bertz CT molecular complexity index is 1530. The summed E-state index contributed by atoms with van der Waals surface area (Å²) in [6.07, 6.45) is 12.0. The van der Waals surface area contributed by atoms with E-state index < -0.39 is 0 Å². The van der Waals surface area contributed by atoms with Crippen molar-refractivity contribution in [3.63, 3.8) is 0 Å². The van der Waals surface area contributed by atoms with Gasteiger partial charge >= 0.3 is 0 Å². The Balaban J connectivity index is 1.04. The van der Waals surface area contributed by atoms with Crippen molar-refractivity contribution in [1.82, 2.24) is 39.9 Å². The molecule has 0 N–H and O–H groups in total. The second kappa shape index (κ2) is 11.8. The third-order valence-electron chi connectivity index (χ3n) is 9.59. The monoisotopic (exact) mass is 585 g/mol. The van der Waals surface area contributed by atoms with Crippen LogP contribution < -0.4 is 9.64 Å². The van der Waals surface area contributed by atoms with E-state index in [9.17, 15) is 0 Å². The first-order valence-electron chi connectivity index (χ1n) is 15.8. The first-order valence-corrected chi connectivity index (χ1v) is 15.8. The zero-order chi connectivity index (χ0) is 29.4. The molecule has 43 heavy (non-hydrogen) atoms. The summed E-state index contributed by atoms with van der Waals surface area (Å²) in [5.41, 5.74) is 4.00. The van der Waals surface area contributed by atoms with Crippen LogP contribution in [0, 0.1) is 5.41 Å². The highest BCUT2D eigenvalue weighted by atomic mass is 16.5. The maximum Gasteiger partial charge on any atom is 0.151 e. The standard InChI is InChI=1S/C32H43N9O2/c1-32(2)11-14-38(15-12-32)24-7-6-13-39(21-24)30-10-9-23(34-36-30)20-40-22-28(35-37-40)26-17-25(42-3)18-29-27(26)19-33-41(29)31-8-4-5-16-43-31/h9-10,17-19,22,24,31H,4-8,11-16,20-21H2,1-3H3. The van der Waals surface area contributed by atoms with E-state index in [2.05, 4.69) is 56.3 Å². The Labute approximate surface area is 253 Å². The first-order chi connectivity index (χ1) is 21.0. The second-order valence-corrected chi connectivity index (χ2v) is 13.1. The summed E-state index contributed by atoms with van der Waals surface area (Å²) in [6, 6.07) is 8.79. The molecular weight excluding hydrogens is 542 g/mol. The van der Waals surface area contributed by atoms with E-state index >= 15 is 0 Å². The molecule has 2 unspecified atom stereocenters. The number of benzene rings is 1. The van der Waals surface area contributed by atoms with Crippen LogP contribution in [-0.4, -0.2) is 85.8 Å². The maximum atomic E-state index is 6.02. The van der Waals surface area contributed by atoms with Crippen LogP contribution in [0.5, 0.6) is 5.75 Å².